The molecule has 0 radical (unpaired) electrons. The van der Waals surface area contributed by atoms with Gasteiger partial charge >= 0.3 is 0 Å². The first-order valence-electron chi connectivity index (χ1n) is 8.84. The molecule has 1 saturated heterocycles. The van der Waals surface area contributed by atoms with Crippen molar-refractivity contribution >= 4 is 11.5 Å². The fourth-order valence-electron chi connectivity index (χ4n) is 3.47. The van der Waals surface area contributed by atoms with Crippen LogP contribution < -0.4 is 10.5 Å². The second kappa shape index (κ2) is 5.68. The van der Waals surface area contributed by atoms with E-state index in [0.29, 0.717) is 17.5 Å². The van der Waals surface area contributed by atoms with Crippen LogP contribution in [0.3, 0.4) is 0 Å². The zero-order valence-corrected chi connectivity index (χ0v) is 13.8. The van der Waals surface area contributed by atoms with Gasteiger partial charge in [-0.1, -0.05) is 6.07 Å². The molecule has 0 amide bonds. The molecule has 7 nitrogen and oxygen atoms in total. The predicted molar refractivity (Wildman–Crippen MR) is 91.9 cm³/mol. The van der Waals surface area contributed by atoms with Crippen molar-refractivity contribution in [2.75, 3.05) is 18.0 Å². The molecule has 1 aliphatic carbocycles. The molecule has 0 bridgehead atoms. The second-order valence-corrected chi connectivity index (χ2v) is 6.90. The molecule has 128 valence electrons. The molecule has 1 aliphatic heterocycles. The van der Waals surface area contributed by atoms with Gasteiger partial charge in [-0.05, 0) is 37.8 Å². The Bertz CT molecular complexity index is 967. The van der Waals surface area contributed by atoms with Crippen LogP contribution in [0.4, 0.5) is 5.82 Å². The summed E-state index contributed by atoms with van der Waals surface area (Å²) in [6.45, 7) is 1.67. The lowest BCUT2D eigenvalue weighted by Gasteiger charge is -2.31. The zero-order valence-electron chi connectivity index (χ0n) is 13.8. The lowest BCUT2D eigenvalue weighted by molar-refractivity contribution is 0.375. The Labute approximate surface area is 144 Å². The summed E-state index contributed by atoms with van der Waals surface area (Å²) in [6.07, 6.45) is 5.95. The smallest absolute Gasteiger partial charge is 0.259 e. The van der Waals surface area contributed by atoms with Gasteiger partial charge in [0, 0.05) is 37.2 Å². The van der Waals surface area contributed by atoms with E-state index in [0.717, 1.165) is 43.5 Å². The molecule has 4 heterocycles. The van der Waals surface area contributed by atoms with Gasteiger partial charge in [0.2, 0.25) is 11.8 Å². The van der Waals surface area contributed by atoms with Gasteiger partial charge in [0.1, 0.15) is 11.5 Å². The van der Waals surface area contributed by atoms with Crippen LogP contribution in [0, 0.1) is 0 Å². The molecule has 7 heteroatoms. The third-order valence-electron chi connectivity index (χ3n) is 5.11. The summed E-state index contributed by atoms with van der Waals surface area (Å²) in [5, 5.41) is 8.44. The molecule has 5 rings (SSSR count). The number of anilines is 1. The average molecular weight is 337 g/mol. The highest BCUT2D eigenvalue weighted by Gasteiger charge is 2.32. The van der Waals surface area contributed by atoms with E-state index in [1.807, 2.05) is 18.2 Å². The summed E-state index contributed by atoms with van der Waals surface area (Å²) >= 11 is 0. The number of hydrogen-bond acceptors (Lipinski definition) is 6. The van der Waals surface area contributed by atoms with Crippen molar-refractivity contribution in [1.82, 2.24) is 19.6 Å². The highest BCUT2D eigenvalue weighted by molar-refractivity contribution is 5.48. The fourth-order valence-corrected chi connectivity index (χ4v) is 3.47. The summed E-state index contributed by atoms with van der Waals surface area (Å²) < 4.78 is 7.42. The van der Waals surface area contributed by atoms with Crippen LogP contribution in [0.1, 0.15) is 49.3 Å². The Kier molecular flexibility index (Phi) is 3.33. The van der Waals surface area contributed by atoms with E-state index < -0.39 is 0 Å². The number of pyridine rings is 1. The summed E-state index contributed by atoms with van der Waals surface area (Å²) in [5.74, 6) is 3.13. The first-order chi connectivity index (χ1) is 12.3. The minimum Gasteiger partial charge on any atom is -0.425 e. The number of aromatic nitrogens is 4. The second-order valence-electron chi connectivity index (χ2n) is 6.90. The molecule has 1 saturated carbocycles. The van der Waals surface area contributed by atoms with Crippen LogP contribution in [0.25, 0.3) is 5.65 Å². The number of piperidine rings is 1. The Morgan fingerprint density at radius 3 is 2.44 bits per heavy atom. The molecule has 2 fully saturated rings. The number of nitrogens with zero attached hydrogens (tertiary/aromatic N) is 5. The Morgan fingerprint density at radius 2 is 1.72 bits per heavy atom. The molecule has 25 heavy (non-hydrogen) atoms. The molecule has 0 unspecified atom stereocenters. The maximum Gasteiger partial charge on any atom is 0.259 e. The van der Waals surface area contributed by atoms with Crippen LogP contribution in [0.15, 0.2) is 39.7 Å². The first-order valence-corrected chi connectivity index (χ1v) is 8.84. The lowest BCUT2D eigenvalue weighted by Crippen LogP contribution is -2.34. The van der Waals surface area contributed by atoms with E-state index in [1.165, 1.54) is 12.8 Å². The van der Waals surface area contributed by atoms with Gasteiger partial charge in [-0.25, -0.2) is 4.98 Å². The summed E-state index contributed by atoms with van der Waals surface area (Å²) in [7, 11) is 0. The highest BCUT2D eigenvalue weighted by atomic mass is 16.4. The van der Waals surface area contributed by atoms with E-state index in [2.05, 4.69) is 20.1 Å². The van der Waals surface area contributed by atoms with Gasteiger partial charge in [-0.2, -0.15) is 0 Å². The van der Waals surface area contributed by atoms with Gasteiger partial charge in [-0.15, -0.1) is 10.2 Å². The van der Waals surface area contributed by atoms with Crippen molar-refractivity contribution in [2.24, 2.45) is 0 Å². The lowest BCUT2D eigenvalue weighted by atomic mass is 9.97. The van der Waals surface area contributed by atoms with E-state index in [4.69, 9.17) is 4.42 Å². The number of rotatable bonds is 3. The molecule has 3 aromatic heterocycles. The predicted octanol–water partition coefficient (Wildman–Crippen LogP) is 2.34. The van der Waals surface area contributed by atoms with Gasteiger partial charge in [0.05, 0.1) is 0 Å². The third-order valence-corrected chi connectivity index (χ3v) is 5.11. The molecule has 0 aromatic carbocycles. The Balaban J connectivity index is 1.33. The van der Waals surface area contributed by atoms with Crippen molar-refractivity contribution in [2.45, 2.75) is 37.5 Å². The summed E-state index contributed by atoms with van der Waals surface area (Å²) in [4.78, 5) is 19.1. The topological polar surface area (TPSA) is 76.5 Å². The van der Waals surface area contributed by atoms with E-state index in [-0.39, 0.29) is 5.56 Å². The maximum atomic E-state index is 12.3. The van der Waals surface area contributed by atoms with Gasteiger partial charge in [0.15, 0.2) is 0 Å². The number of hydrogen-bond donors (Lipinski definition) is 0. The van der Waals surface area contributed by atoms with Crippen LogP contribution >= 0.6 is 0 Å². The van der Waals surface area contributed by atoms with E-state index in [9.17, 15) is 4.79 Å². The standard InChI is InChI=1S/C18H19N5O2/c24-16-11-15(19-14-3-1-2-8-23(14)16)22-9-6-13(7-10-22)18-21-20-17(25-18)12-4-5-12/h1-3,8,11-13H,4-7,9-10H2. The molecule has 0 N–H and O–H groups in total. The normalized spacial score (nSPS) is 18.8. The molecule has 3 aromatic rings. The largest absolute Gasteiger partial charge is 0.425 e. The van der Waals surface area contributed by atoms with Crippen molar-refractivity contribution in [3.63, 3.8) is 0 Å². The van der Waals surface area contributed by atoms with Crippen molar-refractivity contribution in [3.8, 4) is 0 Å². The first kappa shape index (κ1) is 14.6. The van der Waals surface area contributed by atoms with Crippen LogP contribution in [-0.2, 0) is 0 Å². The van der Waals surface area contributed by atoms with Gasteiger partial charge in [0.25, 0.3) is 5.56 Å². The van der Waals surface area contributed by atoms with Gasteiger partial charge in [-0.3, -0.25) is 9.20 Å². The Hall–Kier alpha value is -2.70. The highest BCUT2D eigenvalue weighted by Crippen LogP contribution is 2.40. The Morgan fingerprint density at radius 1 is 1.00 bits per heavy atom. The molecular weight excluding hydrogens is 318 g/mol. The minimum atomic E-state index is -0.0475. The molecule has 0 atom stereocenters. The molecule has 2 aliphatic rings. The van der Waals surface area contributed by atoms with Crippen molar-refractivity contribution in [1.29, 1.82) is 0 Å². The third kappa shape index (κ3) is 2.69. The number of fused-ring (bicyclic) bond motifs is 1. The SMILES string of the molecule is O=c1cc(N2CCC(c3nnc(C4CC4)o3)CC2)nc2ccccn12. The minimum absolute atomic E-state index is 0.0475. The quantitative estimate of drug-likeness (QED) is 0.730. The zero-order chi connectivity index (χ0) is 16.8. The molecule has 0 spiro atoms. The van der Waals surface area contributed by atoms with Crippen molar-refractivity contribution in [3.05, 3.63) is 52.6 Å². The van der Waals surface area contributed by atoms with Crippen LogP contribution in [0.2, 0.25) is 0 Å². The van der Waals surface area contributed by atoms with Crippen LogP contribution in [-0.4, -0.2) is 32.7 Å². The maximum absolute atomic E-state index is 12.3. The summed E-state index contributed by atoms with van der Waals surface area (Å²) in [5.41, 5.74) is 0.631. The monoisotopic (exact) mass is 337 g/mol. The fraction of sp³-hybridized carbons (Fsp3) is 0.444. The van der Waals surface area contributed by atoms with Crippen LogP contribution in [0.5, 0.6) is 0 Å². The van der Waals surface area contributed by atoms with E-state index >= 15 is 0 Å². The average Bonchev–Trinajstić information content (AvgIpc) is 3.39. The van der Waals surface area contributed by atoms with Gasteiger partial charge < -0.3 is 9.32 Å². The molecular formula is C18H19N5O2. The summed E-state index contributed by atoms with van der Waals surface area (Å²) in [6, 6.07) is 7.20. The van der Waals surface area contributed by atoms with E-state index in [1.54, 1.807) is 16.7 Å². The van der Waals surface area contributed by atoms with Crippen molar-refractivity contribution < 1.29 is 4.42 Å².